The van der Waals surface area contributed by atoms with E-state index >= 15 is 0 Å². The van der Waals surface area contributed by atoms with E-state index in [-0.39, 0.29) is 0 Å². The number of nitrogens with zero attached hydrogens (tertiary/aromatic N) is 2. The average molecular weight is 299 g/mol. The van der Waals surface area contributed by atoms with Gasteiger partial charge in [0, 0.05) is 22.3 Å². The zero-order chi connectivity index (χ0) is 12.3. The van der Waals surface area contributed by atoms with E-state index in [9.17, 15) is 0 Å². The Morgan fingerprint density at radius 1 is 1.53 bits per heavy atom. The van der Waals surface area contributed by atoms with Gasteiger partial charge in [-0.15, -0.1) is 0 Å². The van der Waals surface area contributed by atoms with E-state index in [1.165, 1.54) is 25.8 Å². The van der Waals surface area contributed by atoms with Crippen LogP contribution < -0.4 is 4.74 Å². The molecule has 0 bridgehead atoms. The highest BCUT2D eigenvalue weighted by atomic mass is 79.9. The highest BCUT2D eigenvalue weighted by Gasteiger charge is 2.19. The van der Waals surface area contributed by atoms with E-state index in [0.717, 1.165) is 22.5 Å². The number of aromatic nitrogens is 1. The first-order valence-corrected chi connectivity index (χ1v) is 6.91. The van der Waals surface area contributed by atoms with E-state index < -0.39 is 0 Å². The number of rotatable bonds is 3. The van der Waals surface area contributed by atoms with Crippen molar-refractivity contribution in [1.82, 2.24) is 9.88 Å². The maximum absolute atomic E-state index is 5.83. The van der Waals surface area contributed by atoms with Crippen molar-refractivity contribution < 1.29 is 4.74 Å². The number of piperidine rings is 1. The van der Waals surface area contributed by atoms with Gasteiger partial charge in [0.2, 0.25) is 5.88 Å². The molecule has 0 saturated carbocycles. The average Bonchev–Trinajstić information content (AvgIpc) is 2.30. The zero-order valence-electron chi connectivity index (χ0n) is 10.4. The monoisotopic (exact) mass is 298 g/mol. The fourth-order valence-corrected chi connectivity index (χ4v) is 2.65. The molecule has 94 valence electrons. The van der Waals surface area contributed by atoms with Crippen LogP contribution in [0.3, 0.4) is 0 Å². The first-order chi connectivity index (χ1) is 8.16. The standard InChI is InChI=1S/C13H19BrN2O/c1-10-7-11(14)8-15-13(10)17-9-12-5-3-4-6-16(12)2/h7-8,12H,3-6,9H2,1-2H3. The highest BCUT2D eigenvalue weighted by Crippen LogP contribution is 2.21. The molecule has 0 aliphatic carbocycles. The summed E-state index contributed by atoms with van der Waals surface area (Å²) < 4.78 is 6.83. The van der Waals surface area contributed by atoms with Crippen LogP contribution in [0.2, 0.25) is 0 Å². The number of likely N-dealkylation sites (tertiary alicyclic amines) is 1. The van der Waals surface area contributed by atoms with Crippen molar-refractivity contribution in [2.75, 3.05) is 20.2 Å². The summed E-state index contributed by atoms with van der Waals surface area (Å²) in [7, 11) is 2.18. The Labute approximate surface area is 111 Å². The molecule has 3 nitrogen and oxygen atoms in total. The second-order valence-electron chi connectivity index (χ2n) is 4.72. The molecule has 0 amide bonds. The van der Waals surface area contributed by atoms with Gasteiger partial charge in [0.1, 0.15) is 6.61 Å². The summed E-state index contributed by atoms with van der Waals surface area (Å²) in [6, 6.07) is 2.57. The fraction of sp³-hybridized carbons (Fsp3) is 0.615. The Bertz CT molecular complexity index is 384. The predicted octanol–water partition coefficient (Wildman–Crippen LogP) is 3.02. The summed E-state index contributed by atoms with van der Waals surface area (Å²) in [6.07, 6.45) is 5.63. The molecule has 1 aliphatic rings. The van der Waals surface area contributed by atoms with E-state index in [4.69, 9.17) is 4.74 Å². The Morgan fingerprint density at radius 3 is 3.06 bits per heavy atom. The normalized spacial score (nSPS) is 21.5. The van der Waals surface area contributed by atoms with Gasteiger partial charge in [-0.1, -0.05) is 6.42 Å². The van der Waals surface area contributed by atoms with Crippen LogP contribution in [0.4, 0.5) is 0 Å². The molecule has 0 radical (unpaired) electrons. The Morgan fingerprint density at radius 2 is 2.35 bits per heavy atom. The van der Waals surface area contributed by atoms with E-state index in [1.807, 2.05) is 13.0 Å². The molecule has 0 aromatic carbocycles. The van der Waals surface area contributed by atoms with E-state index in [0.29, 0.717) is 6.04 Å². The zero-order valence-corrected chi connectivity index (χ0v) is 12.0. The third-order valence-corrected chi connectivity index (χ3v) is 3.76. The molecule has 1 aromatic rings. The number of aryl methyl sites for hydroxylation is 1. The van der Waals surface area contributed by atoms with Crippen LogP contribution >= 0.6 is 15.9 Å². The topological polar surface area (TPSA) is 25.4 Å². The molecule has 1 saturated heterocycles. The van der Waals surface area contributed by atoms with Crippen LogP contribution in [0, 0.1) is 6.92 Å². The van der Waals surface area contributed by atoms with Crippen molar-refractivity contribution in [2.24, 2.45) is 0 Å². The maximum Gasteiger partial charge on any atom is 0.216 e. The third kappa shape index (κ3) is 3.42. The molecular formula is C13H19BrN2O. The molecule has 2 heterocycles. The minimum atomic E-state index is 0.536. The lowest BCUT2D eigenvalue weighted by atomic mass is 10.0. The van der Waals surface area contributed by atoms with Crippen molar-refractivity contribution in [1.29, 1.82) is 0 Å². The molecule has 4 heteroatoms. The SMILES string of the molecule is Cc1cc(Br)cnc1OCC1CCCCN1C. The molecule has 1 atom stereocenters. The molecule has 0 N–H and O–H groups in total. The smallest absolute Gasteiger partial charge is 0.216 e. The summed E-state index contributed by atoms with van der Waals surface area (Å²) in [5.41, 5.74) is 1.08. The van der Waals surface area contributed by atoms with Crippen LogP contribution in [0.15, 0.2) is 16.7 Å². The predicted molar refractivity (Wildman–Crippen MR) is 72.4 cm³/mol. The van der Waals surface area contributed by atoms with Crippen molar-refractivity contribution >= 4 is 15.9 Å². The quantitative estimate of drug-likeness (QED) is 0.858. The minimum Gasteiger partial charge on any atom is -0.476 e. The Balaban J connectivity index is 1.92. The molecule has 1 aromatic heterocycles. The number of pyridine rings is 1. The van der Waals surface area contributed by atoms with Crippen molar-refractivity contribution in [3.63, 3.8) is 0 Å². The van der Waals surface area contributed by atoms with Gasteiger partial charge in [-0.3, -0.25) is 0 Å². The number of ether oxygens (including phenoxy) is 1. The van der Waals surface area contributed by atoms with Crippen molar-refractivity contribution in [3.8, 4) is 5.88 Å². The second-order valence-corrected chi connectivity index (χ2v) is 5.63. The lowest BCUT2D eigenvalue weighted by Crippen LogP contribution is -2.40. The van der Waals surface area contributed by atoms with Gasteiger partial charge in [-0.25, -0.2) is 4.98 Å². The van der Waals surface area contributed by atoms with Gasteiger partial charge < -0.3 is 9.64 Å². The summed E-state index contributed by atoms with van der Waals surface area (Å²) in [5.74, 6) is 0.757. The van der Waals surface area contributed by atoms with Gasteiger partial charge in [0.25, 0.3) is 0 Å². The van der Waals surface area contributed by atoms with Gasteiger partial charge in [0.05, 0.1) is 0 Å². The summed E-state index contributed by atoms with van der Waals surface area (Å²) >= 11 is 3.41. The number of hydrogen-bond donors (Lipinski definition) is 0. The Hall–Kier alpha value is -0.610. The summed E-state index contributed by atoms with van der Waals surface area (Å²) in [5, 5.41) is 0. The maximum atomic E-state index is 5.83. The van der Waals surface area contributed by atoms with Gasteiger partial charge in [-0.05, 0) is 55.4 Å². The molecule has 2 rings (SSSR count). The van der Waals surface area contributed by atoms with Crippen molar-refractivity contribution in [3.05, 3.63) is 22.3 Å². The molecular weight excluding hydrogens is 280 g/mol. The minimum absolute atomic E-state index is 0.536. The van der Waals surface area contributed by atoms with E-state index in [2.05, 4.69) is 32.9 Å². The van der Waals surface area contributed by atoms with Gasteiger partial charge >= 0.3 is 0 Å². The van der Waals surface area contributed by atoms with Crippen molar-refractivity contribution in [2.45, 2.75) is 32.2 Å². The van der Waals surface area contributed by atoms with E-state index in [1.54, 1.807) is 6.20 Å². The largest absolute Gasteiger partial charge is 0.476 e. The van der Waals surface area contributed by atoms with Crippen LogP contribution in [-0.4, -0.2) is 36.1 Å². The summed E-state index contributed by atoms with van der Waals surface area (Å²) in [6.45, 7) is 3.95. The third-order valence-electron chi connectivity index (χ3n) is 3.33. The van der Waals surface area contributed by atoms with Gasteiger partial charge in [-0.2, -0.15) is 0 Å². The van der Waals surface area contributed by atoms with Crippen LogP contribution in [0.25, 0.3) is 0 Å². The molecule has 1 aliphatic heterocycles. The number of halogens is 1. The van der Waals surface area contributed by atoms with Crippen LogP contribution in [-0.2, 0) is 0 Å². The first-order valence-electron chi connectivity index (χ1n) is 6.12. The molecule has 0 spiro atoms. The molecule has 17 heavy (non-hydrogen) atoms. The Kier molecular flexibility index (Phi) is 4.40. The molecule has 1 fully saturated rings. The fourth-order valence-electron chi connectivity index (χ4n) is 2.21. The van der Waals surface area contributed by atoms with Crippen LogP contribution in [0.5, 0.6) is 5.88 Å². The first kappa shape index (κ1) is 12.8. The second kappa shape index (κ2) is 5.83. The number of hydrogen-bond acceptors (Lipinski definition) is 3. The lowest BCUT2D eigenvalue weighted by molar-refractivity contribution is 0.122. The highest BCUT2D eigenvalue weighted by molar-refractivity contribution is 9.10. The lowest BCUT2D eigenvalue weighted by Gasteiger charge is -2.32. The number of likely N-dealkylation sites (N-methyl/N-ethyl adjacent to an activating group) is 1. The van der Waals surface area contributed by atoms with Gasteiger partial charge in [0.15, 0.2) is 0 Å². The van der Waals surface area contributed by atoms with Crippen LogP contribution in [0.1, 0.15) is 24.8 Å². The summed E-state index contributed by atoms with van der Waals surface area (Å²) in [4.78, 5) is 6.69. The molecule has 1 unspecified atom stereocenters.